The molecule has 0 unspecified atom stereocenters. The first kappa shape index (κ1) is 9.62. The highest BCUT2D eigenvalue weighted by molar-refractivity contribution is 6.87. The molecular weight excluding hydrogens is 192 g/mol. The second-order valence-electron chi connectivity index (χ2n) is 3.71. The van der Waals surface area contributed by atoms with Gasteiger partial charge in [-0.2, -0.15) is 0 Å². The van der Waals surface area contributed by atoms with Gasteiger partial charge < -0.3 is 12.3 Å². The zero-order valence-corrected chi connectivity index (χ0v) is 11.0. The van der Waals surface area contributed by atoms with Crippen molar-refractivity contribution < 1.29 is 12.3 Å². The van der Waals surface area contributed by atoms with Crippen LogP contribution in [-0.4, -0.2) is 26.4 Å². The molecule has 66 valence electrons. The summed E-state index contributed by atoms with van der Waals surface area (Å²) < 4.78 is 17.2. The molecule has 1 aliphatic rings. The second kappa shape index (κ2) is 2.79. The average molecular weight is 208 g/mol. The summed E-state index contributed by atoms with van der Waals surface area (Å²) in [5.41, 5.74) is 0. The van der Waals surface area contributed by atoms with E-state index in [0.29, 0.717) is 0 Å². The van der Waals surface area contributed by atoms with E-state index in [1.54, 1.807) is 0 Å². The van der Waals surface area contributed by atoms with Crippen LogP contribution in [0.2, 0.25) is 32.7 Å². The molecular formula is C5H16O3Si3. The molecule has 0 aromatic heterocycles. The van der Waals surface area contributed by atoms with Gasteiger partial charge in [-0.15, -0.1) is 0 Å². The zero-order valence-electron chi connectivity index (χ0n) is 7.80. The van der Waals surface area contributed by atoms with Crippen LogP contribution < -0.4 is 0 Å². The maximum absolute atomic E-state index is 5.80. The zero-order chi connectivity index (χ0) is 8.70. The molecule has 0 aromatic rings. The molecule has 0 radical (unpaired) electrons. The van der Waals surface area contributed by atoms with Crippen LogP contribution in [0, 0.1) is 0 Å². The van der Waals surface area contributed by atoms with Gasteiger partial charge in [0.15, 0.2) is 0 Å². The molecule has 0 bridgehead atoms. The summed E-state index contributed by atoms with van der Waals surface area (Å²) in [5, 5.41) is 0. The quantitative estimate of drug-likeness (QED) is 0.562. The Morgan fingerprint density at radius 3 is 1.55 bits per heavy atom. The third kappa shape index (κ3) is 2.80. The van der Waals surface area contributed by atoms with Crippen molar-refractivity contribution in [3.05, 3.63) is 0 Å². The van der Waals surface area contributed by atoms with Gasteiger partial charge in [-0.05, 0) is 32.7 Å². The first-order valence-corrected chi connectivity index (χ1v) is 11.6. The van der Waals surface area contributed by atoms with Gasteiger partial charge in [0.25, 0.3) is 0 Å². The minimum absolute atomic E-state index is 1.35. The predicted octanol–water partition coefficient (Wildman–Crippen LogP) is 1.30. The van der Waals surface area contributed by atoms with Gasteiger partial charge in [-0.1, -0.05) is 0 Å². The Balaban J connectivity index is 2.66. The molecule has 11 heavy (non-hydrogen) atoms. The van der Waals surface area contributed by atoms with E-state index in [-0.39, 0.29) is 0 Å². The molecule has 0 aliphatic carbocycles. The molecule has 0 atom stereocenters. The maximum Gasteiger partial charge on any atom is 0.313 e. The number of hydrogen-bond donors (Lipinski definition) is 0. The minimum atomic E-state index is -1.79. The van der Waals surface area contributed by atoms with E-state index in [1.165, 1.54) is 0 Å². The molecule has 1 rings (SSSR count). The van der Waals surface area contributed by atoms with Crippen LogP contribution in [0.4, 0.5) is 0 Å². The van der Waals surface area contributed by atoms with E-state index in [1.807, 2.05) is 0 Å². The van der Waals surface area contributed by atoms with Crippen molar-refractivity contribution in [3.8, 4) is 0 Å². The van der Waals surface area contributed by atoms with Gasteiger partial charge in [-0.25, -0.2) is 0 Å². The SMILES string of the molecule is C[SiH]1O[Si](C)(C)O[Si](C)(C)O1. The molecule has 0 saturated carbocycles. The average Bonchev–Trinajstić information content (AvgIpc) is 1.49. The van der Waals surface area contributed by atoms with Crippen molar-refractivity contribution in [2.75, 3.05) is 0 Å². The van der Waals surface area contributed by atoms with Crippen molar-refractivity contribution in [1.29, 1.82) is 0 Å². The summed E-state index contributed by atoms with van der Waals surface area (Å²) in [6, 6.07) is 0. The lowest BCUT2D eigenvalue weighted by molar-refractivity contribution is 0.255. The van der Waals surface area contributed by atoms with Gasteiger partial charge in [0, 0.05) is 0 Å². The molecule has 1 aliphatic heterocycles. The van der Waals surface area contributed by atoms with Crippen LogP contribution in [-0.2, 0) is 12.3 Å². The molecule has 6 heteroatoms. The van der Waals surface area contributed by atoms with Crippen LogP contribution in [0.5, 0.6) is 0 Å². The first-order valence-electron chi connectivity index (χ1n) is 3.87. The lowest BCUT2D eigenvalue weighted by Crippen LogP contribution is -2.58. The fraction of sp³-hybridized carbons (Fsp3) is 1.00. The number of rotatable bonds is 0. The van der Waals surface area contributed by atoms with Crippen LogP contribution in [0.15, 0.2) is 0 Å². The molecule has 1 heterocycles. The third-order valence-electron chi connectivity index (χ3n) is 1.39. The molecule has 3 nitrogen and oxygen atoms in total. The topological polar surface area (TPSA) is 27.7 Å². The van der Waals surface area contributed by atoms with E-state index >= 15 is 0 Å². The van der Waals surface area contributed by atoms with Gasteiger partial charge >= 0.3 is 26.4 Å². The van der Waals surface area contributed by atoms with Crippen LogP contribution in [0.3, 0.4) is 0 Å². The Kier molecular flexibility index (Phi) is 2.44. The summed E-state index contributed by atoms with van der Waals surface area (Å²) in [7, 11) is -4.93. The highest BCUT2D eigenvalue weighted by atomic mass is 28.5. The van der Waals surface area contributed by atoms with Crippen molar-refractivity contribution in [3.63, 3.8) is 0 Å². The van der Waals surface area contributed by atoms with Gasteiger partial charge in [0.2, 0.25) is 0 Å². The van der Waals surface area contributed by atoms with Crippen molar-refractivity contribution in [2.45, 2.75) is 32.7 Å². The van der Waals surface area contributed by atoms with Gasteiger partial charge in [0.05, 0.1) is 0 Å². The fourth-order valence-electron chi connectivity index (χ4n) is 1.46. The summed E-state index contributed by atoms with van der Waals surface area (Å²) in [6.07, 6.45) is 0. The highest BCUT2D eigenvalue weighted by Crippen LogP contribution is 2.23. The molecule has 0 N–H and O–H groups in total. The van der Waals surface area contributed by atoms with Crippen LogP contribution in [0.1, 0.15) is 0 Å². The Labute approximate surface area is 72.0 Å². The van der Waals surface area contributed by atoms with Gasteiger partial charge in [-0.3, -0.25) is 0 Å². The Morgan fingerprint density at radius 2 is 1.27 bits per heavy atom. The second-order valence-corrected chi connectivity index (χ2v) is 13.1. The summed E-state index contributed by atoms with van der Waals surface area (Å²) in [4.78, 5) is 0. The van der Waals surface area contributed by atoms with E-state index < -0.39 is 26.4 Å². The standard InChI is InChI=1S/C5H16O3Si3/c1-9-6-10(2,3)8-11(4,5)7-9/h9H,1-5H3. The Hall–Kier alpha value is 0.531. The Morgan fingerprint density at radius 1 is 0.909 bits per heavy atom. The Bertz CT molecular complexity index is 143. The predicted molar refractivity (Wildman–Crippen MR) is 51.2 cm³/mol. The number of hydrogen-bond acceptors (Lipinski definition) is 3. The molecule has 0 amide bonds. The molecule has 0 aromatic carbocycles. The normalized spacial score (nSPS) is 30.3. The molecule has 1 fully saturated rings. The van der Waals surface area contributed by atoms with E-state index in [2.05, 4.69) is 32.7 Å². The first-order chi connectivity index (χ1) is 4.81. The van der Waals surface area contributed by atoms with E-state index in [9.17, 15) is 0 Å². The van der Waals surface area contributed by atoms with Crippen molar-refractivity contribution >= 4 is 26.4 Å². The summed E-state index contributed by atoms with van der Waals surface area (Å²) in [6.45, 7) is 10.4. The lowest BCUT2D eigenvalue weighted by Gasteiger charge is -2.41. The van der Waals surface area contributed by atoms with Gasteiger partial charge in [0.1, 0.15) is 0 Å². The largest absolute Gasteiger partial charge is 0.418 e. The van der Waals surface area contributed by atoms with Crippen LogP contribution >= 0.6 is 0 Å². The summed E-state index contributed by atoms with van der Waals surface area (Å²) >= 11 is 0. The van der Waals surface area contributed by atoms with Crippen molar-refractivity contribution in [1.82, 2.24) is 0 Å². The van der Waals surface area contributed by atoms with Crippen LogP contribution in [0.25, 0.3) is 0 Å². The lowest BCUT2D eigenvalue weighted by atomic mass is 11.9. The molecule has 0 spiro atoms. The molecule has 1 saturated heterocycles. The maximum atomic E-state index is 5.80. The van der Waals surface area contributed by atoms with E-state index in [0.717, 1.165) is 0 Å². The summed E-state index contributed by atoms with van der Waals surface area (Å²) in [5.74, 6) is 0. The monoisotopic (exact) mass is 208 g/mol. The third-order valence-corrected chi connectivity index (χ3v) is 12.5. The fourth-order valence-corrected chi connectivity index (χ4v) is 14.5. The van der Waals surface area contributed by atoms with E-state index in [4.69, 9.17) is 12.3 Å². The highest BCUT2D eigenvalue weighted by Gasteiger charge is 2.43. The smallest absolute Gasteiger partial charge is 0.313 e. The van der Waals surface area contributed by atoms with Crippen molar-refractivity contribution in [2.24, 2.45) is 0 Å². The minimum Gasteiger partial charge on any atom is -0.418 e.